The highest BCUT2D eigenvalue weighted by molar-refractivity contribution is 7.47. The normalized spacial score (nSPS) is 14.6. The van der Waals surface area contributed by atoms with Crippen molar-refractivity contribution in [3.63, 3.8) is 0 Å². The molecular formula is C85H144O17P2. The summed E-state index contributed by atoms with van der Waals surface area (Å²) in [7, 11) is -9.99. The number of aliphatic hydroxyl groups is 1. The third-order valence-electron chi connectivity index (χ3n) is 16.6. The van der Waals surface area contributed by atoms with Crippen molar-refractivity contribution in [3.05, 3.63) is 134 Å². The molecule has 0 spiro atoms. The molecule has 17 nitrogen and oxygen atoms in total. The van der Waals surface area contributed by atoms with Gasteiger partial charge in [-0.15, -0.1) is 0 Å². The maximum absolute atomic E-state index is 13.1. The van der Waals surface area contributed by atoms with Gasteiger partial charge in [0.15, 0.2) is 12.2 Å². The maximum atomic E-state index is 13.1. The summed E-state index contributed by atoms with van der Waals surface area (Å²) in [6.45, 7) is 4.61. The Balaban J connectivity index is 5.44. The second-order valence-electron chi connectivity index (χ2n) is 26.6. The number of hydrogen-bond acceptors (Lipinski definition) is 15. The lowest BCUT2D eigenvalue weighted by molar-refractivity contribution is -0.161. The summed E-state index contributed by atoms with van der Waals surface area (Å²) in [6, 6.07) is 0. The number of unbranched alkanes of at least 4 members (excludes halogenated alkanes) is 27. The molecule has 0 aliphatic heterocycles. The average Bonchev–Trinajstić information content (AvgIpc) is 0.926. The van der Waals surface area contributed by atoms with E-state index in [1.165, 1.54) is 57.8 Å². The molecule has 0 amide bonds. The van der Waals surface area contributed by atoms with Crippen LogP contribution in [0, 0.1) is 0 Å². The minimum Gasteiger partial charge on any atom is -0.462 e. The predicted molar refractivity (Wildman–Crippen MR) is 427 cm³/mol. The van der Waals surface area contributed by atoms with Gasteiger partial charge in [-0.05, 0) is 167 Å². The van der Waals surface area contributed by atoms with Crippen molar-refractivity contribution in [3.8, 4) is 0 Å². The first kappa shape index (κ1) is 99.2. The van der Waals surface area contributed by atoms with Gasteiger partial charge in [0, 0.05) is 25.7 Å². The molecule has 596 valence electrons. The van der Waals surface area contributed by atoms with Crippen LogP contribution in [-0.2, 0) is 65.4 Å². The molecule has 3 N–H and O–H groups in total. The molecule has 0 aromatic rings. The molecule has 5 atom stereocenters. The monoisotopic (exact) mass is 1500 g/mol. The van der Waals surface area contributed by atoms with Crippen molar-refractivity contribution in [1.82, 2.24) is 0 Å². The summed E-state index contributed by atoms with van der Waals surface area (Å²) in [5.74, 6) is -2.25. The fourth-order valence-corrected chi connectivity index (χ4v) is 12.0. The summed E-state index contributed by atoms with van der Waals surface area (Å²) in [4.78, 5) is 73.1. The second kappa shape index (κ2) is 76.4. The lowest BCUT2D eigenvalue weighted by Gasteiger charge is -2.21. The first-order chi connectivity index (χ1) is 50.7. The van der Waals surface area contributed by atoms with Gasteiger partial charge in [-0.2, -0.15) is 0 Å². The van der Waals surface area contributed by atoms with Crippen molar-refractivity contribution in [2.24, 2.45) is 0 Å². The summed E-state index contributed by atoms with van der Waals surface area (Å²) in [6.07, 6.45) is 85.6. The van der Waals surface area contributed by atoms with Crippen LogP contribution >= 0.6 is 15.6 Å². The lowest BCUT2D eigenvalue weighted by atomic mass is 10.1. The van der Waals surface area contributed by atoms with Gasteiger partial charge in [0.25, 0.3) is 0 Å². The molecule has 104 heavy (non-hydrogen) atoms. The van der Waals surface area contributed by atoms with Gasteiger partial charge in [-0.1, -0.05) is 264 Å². The molecular weight excluding hydrogens is 1350 g/mol. The van der Waals surface area contributed by atoms with E-state index >= 15 is 0 Å². The fraction of sp³-hybridized carbons (Fsp3) is 0.694. The molecule has 0 heterocycles. The van der Waals surface area contributed by atoms with Gasteiger partial charge >= 0.3 is 39.5 Å². The molecule has 0 fully saturated rings. The molecule has 0 saturated heterocycles. The van der Waals surface area contributed by atoms with Crippen LogP contribution in [0.5, 0.6) is 0 Å². The molecule has 0 aromatic carbocycles. The Morgan fingerprint density at radius 3 is 0.769 bits per heavy atom. The van der Waals surface area contributed by atoms with E-state index in [1.54, 1.807) is 0 Å². The Morgan fingerprint density at radius 1 is 0.279 bits per heavy atom. The van der Waals surface area contributed by atoms with Gasteiger partial charge in [-0.3, -0.25) is 37.3 Å². The highest BCUT2D eigenvalue weighted by atomic mass is 31.2. The zero-order chi connectivity index (χ0) is 76.0. The zero-order valence-electron chi connectivity index (χ0n) is 65.2. The first-order valence-corrected chi connectivity index (χ1v) is 43.4. The number of carbonyl (C=O) groups is 4. The SMILES string of the molecule is CC/C=C\C/C=C\C/C=C\C/C=C\CCCCCCC(=O)OC[C@H](COP(=O)(O)OCC(O)COP(=O)(O)OC[C@@H](COC(=O)CCCCCCC/C=C\C/C=C\CCCCC)OC(=O)CCCCCCC/C=C\C/C=C\CCCCC)OC(=O)CCCCCC/C=C\C/C=C\C/C=C\CCCCC. The highest BCUT2D eigenvalue weighted by Gasteiger charge is 2.30. The zero-order valence-corrected chi connectivity index (χ0v) is 66.9. The maximum Gasteiger partial charge on any atom is 0.472 e. The van der Waals surface area contributed by atoms with Gasteiger partial charge in [0.2, 0.25) is 0 Å². The standard InChI is InChI=1S/C85H144O17P2/c1-5-9-13-17-21-25-29-33-37-39-43-46-50-54-58-62-66-70-83(88)96-76-81(102-85(90)72-68-64-60-56-52-48-44-40-38-34-30-26-22-18-14-10-6-2)78-100-104(93,94)98-74-79(86)73-97-103(91,92)99-77-80(101-84(89)71-67-63-59-55-51-47-42-36-32-28-24-20-16-12-8-4)75-95-82(87)69-65-61-57-53-49-45-41-35-31-27-23-19-15-11-7-3/h9,13,21-28,33-38,41-44,46,48,79-81,86H,5-8,10-12,14-20,29-32,39-40,45,47,49-78H2,1-4H3,(H,91,92)(H,93,94)/b13-9-,25-21-,26-22-,27-23-,28-24-,37-33-,38-34-,41-35-,42-36-,46-43-,48-44-/t79?,80-,81-/m1/s1. The predicted octanol–water partition coefficient (Wildman–Crippen LogP) is 23.7. The van der Waals surface area contributed by atoms with Crippen LogP contribution in [0.25, 0.3) is 0 Å². The van der Waals surface area contributed by atoms with Crippen LogP contribution in [0.4, 0.5) is 0 Å². The minimum atomic E-state index is -5.00. The van der Waals surface area contributed by atoms with Crippen molar-refractivity contribution >= 4 is 39.5 Å². The molecule has 3 unspecified atom stereocenters. The number of esters is 4. The van der Waals surface area contributed by atoms with Gasteiger partial charge in [0.1, 0.15) is 19.3 Å². The number of ether oxygens (including phenoxy) is 4. The smallest absolute Gasteiger partial charge is 0.462 e. The van der Waals surface area contributed by atoms with Crippen molar-refractivity contribution in [2.45, 2.75) is 341 Å². The summed E-state index contributed by atoms with van der Waals surface area (Å²) in [5.41, 5.74) is 0. The molecule has 0 saturated carbocycles. The molecule has 0 aliphatic rings. The Bertz CT molecular complexity index is 2490. The van der Waals surface area contributed by atoms with E-state index in [0.29, 0.717) is 25.7 Å². The summed E-state index contributed by atoms with van der Waals surface area (Å²) < 4.78 is 68.6. The van der Waals surface area contributed by atoms with Gasteiger partial charge in [0.05, 0.1) is 26.4 Å². The van der Waals surface area contributed by atoms with E-state index < -0.39 is 97.5 Å². The topological polar surface area (TPSA) is 237 Å². The summed E-state index contributed by atoms with van der Waals surface area (Å²) >= 11 is 0. The third kappa shape index (κ3) is 75.4. The van der Waals surface area contributed by atoms with Crippen LogP contribution < -0.4 is 0 Å². The highest BCUT2D eigenvalue weighted by Crippen LogP contribution is 2.45. The van der Waals surface area contributed by atoms with Crippen LogP contribution in [-0.4, -0.2) is 96.7 Å². The van der Waals surface area contributed by atoms with E-state index in [-0.39, 0.29) is 25.7 Å². The number of carbonyl (C=O) groups excluding carboxylic acids is 4. The Kier molecular flexibility index (Phi) is 72.9. The molecule has 0 bridgehead atoms. The molecule has 0 radical (unpaired) electrons. The largest absolute Gasteiger partial charge is 0.472 e. The third-order valence-corrected chi connectivity index (χ3v) is 18.5. The number of allylic oxidation sites excluding steroid dienone is 22. The van der Waals surface area contributed by atoms with E-state index in [2.05, 4.69) is 161 Å². The Hall–Kier alpha value is -4.80. The quantitative estimate of drug-likeness (QED) is 0.0169. The van der Waals surface area contributed by atoms with E-state index in [1.807, 2.05) is 0 Å². The van der Waals surface area contributed by atoms with Crippen LogP contribution in [0.3, 0.4) is 0 Å². The number of aliphatic hydroxyl groups excluding tert-OH is 1. The first-order valence-electron chi connectivity index (χ1n) is 40.4. The Morgan fingerprint density at radius 2 is 0.500 bits per heavy atom. The van der Waals surface area contributed by atoms with E-state index in [0.717, 1.165) is 186 Å². The van der Waals surface area contributed by atoms with Crippen LogP contribution in [0.1, 0.15) is 323 Å². The number of rotatable bonds is 75. The van der Waals surface area contributed by atoms with E-state index in [9.17, 15) is 43.2 Å². The van der Waals surface area contributed by atoms with Crippen molar-refractivity contribution in [1.29, 1.82) is 0 Å². The minimum absolute atomic E-state index is 0.0599. The van der Waals surface area contributed by atoms with Crippen LogP contribution in [0.15, 0.2) is 134 Å². The number of hydrogen-bond donors (Lipinski definition) is 3. The summed E-state index contributed by atoms with van der Waals surface area (Å²) in [5, 5.41) is 10.6. The van der Waals surface area contributed by atoms with E-state index in [4.69, 9.17) is 37.0 Å². The average molecular weight is 1500 g/mol. The molecule has 0 rings (SSSR count). The lowest BCUT2D eigenvalue weighted by Crippen LogP contribution is -2.30. The number of phosphoric acid groups is 2. The fourth-order valence-electron chi connectivity index (χ4n) is 10.4. The second-order valence-corrected chi connectivity index (χ2v) is 29.5. The van der Waals surface area contributed by atoms with Gasteiger partial charge in [-0.25, -0.2) is 9.13 Å². The van der Waals surface area contributed by atoms with Crippen LogP contribution in [0.2, 0.25) is 0 Å². The van der Waals surface area contributed by atoms with Crippen molar-refractivity contribution < 1.29 is 80.2 Å². The van der Waals surface area contributed by atoms with Gasteiger partial charge < -0.3 is 33.8 Å². The molecule has 0 aliphatic carbocycles. The molecule has 19 heteroatoms. The van der Waals surface area contributed by atoms with Crippen molar-refractivity contribution in [2.75, 3.05) is 39.6 Å². The molecule has 0 aromatic heterocycles. The number of phosphoric ester groups is 2. The Labute approximate surface area is 631 Å².